The van der Waals surface area contributed by atoms with E-state index in [2.05, 4.69) is 34.1 Å². The number of nitrogens with one attached hydrogen (secondary N) is 2. The molecule has 5 nitrogen and oxygen atoms in total. The van der Waals surface area contributed by atoms with E-state index < -0.39 is 10.0 Å². The second kappa shape index (κ2) is 8.61. The van der Waals surface area contributed by atoms with E-state index in [0.29, 0.717) is 12.5 Å². The van der Waals surface area contributed by atoms with Gasteiger partial charge in [-0.1, -0.05) is 43.3 Å². The maximum atomic E-state index is 12.7. The molecule has 0 unspecified atom stereocenters. The molecule has 3 aromatic rings. The normalized spacial score (nSPS) is 14.1. The van der Waals surface area contributed by atoms with Gasteiger partial charge in [0.05, 0.1) is 4.90 Å². The Morgan fingerprint density at radius 1 is 0.963 bits per heavy atom. The van der Waals surface area contributed by atoms with Gasteiger partial charge in [0.2, 0.25) is 10.0 Å². The molecule has 142 valence electrons. The first-order chi connectivity index (χ1) is 13.0. The Bertz CT molecular complexity index is 990. The van der Waals surface area contributed by atoms with E-state index in [1.54, 1.807) is 30.6 Å². The average Bonchev–Trinajstić information content (AvgIpc) is 2.67. The molecule has 0 saturated carbocycles. The Hall–Kier alpha value is -2.28. The molecule has 2 N–H and O–H groups in total. The summed E-state index contributed by atoms with van der Waals surface area (Å²) in [7, 11) is -3.56. The Kier molecular flexibility index (Phi) is 6.21. The summed E-state index contributed by atoms with van der Waals surface area (Å²) in [4.78, 5) is 4.32. The molecule has 0 bridgehead atoms. The van der Waals surface area contributed by atoms with Crippen LogP contribution in [0.1, 0.15) is 25.3 Å². The van der Waals surface area contributed by atoms with Gasteiger partial charge < -0.3 is 5.32 Å². The van der Waals surface area contributed by atoms with Crippen LogP contribution in [0.15, 0.2) is 71.9 Å². The van der Waals surface area contributed by atoms with Crippen LogP contribution in [0.4, 0.5) is 0 Å². The summed E-state index contributed by atoms with van der Waals surface area (Å²) in [6.45, 7) is 5.37. The fourth-order valence-corrected chi connectivity index (χ4v) is 4.30. The summed E-state index contributed by atoms with van der Waals surface area (Å²) >= 11 is 0. The number of sulfonamides is 1. The van der Waals surface area contributed by atoms with Gasteiger partial charge in [0.1, 0.15) is 0 Å². The van der Waals surface area contributed by atoms with Crippen molar-refractivity contribution in [2.24, 2.45) is 0 Å². The molecule has 0 saturated heterocycles. The van der Waals surface area contributed by atoms with E-state index in [1.165, 1.54) is 5.56 Å². The fraction of sp³-hybridized carbons (Fsp3) is 0.286. The Morgan fingerprint density at radius 2 is 1.74 bits per heavy atom. The van der Waals surface area contributed by atoms with E-state index in [1.807, 2.05) is 31.2 Å². The highest BCUT2D eigenvalue weighted by Crippen LogP contribution is 2.18. The van der Waals surface area contributed by atoms with E-state index in [4.69, 9.17) is 0 Å². The van der Waals surface area contributed by atoms with E-state index in [-0.39, 0.29) is 10.9 Å². The molecular weight excluding hydrogens is 358 g/mol. The summed E-state index contributed by atoms with van der Waals surface area (Å²) in [6.07, 6.45) is 3.38. The largest absolute Gasteiger partial charge is 0.315 e. The Labute approximate surface area is 160 Å². The molecule has 2 aromatic carbocycles. The lowest BCUT2D eigenvalue weighted by molar-refractivity contribution is 0.525. The number of nitrogens with zero attached hydrogens (tertiary/aromatic N) is 1. The van der Waals surface area contributed by atoms with Gasteiger partial charge in [-0.05, 0) is 42.0 Å². The molecule has 0 radical (unpaired) electrons. The number of hydrogen-bond donors (Lipinski definition) is 2. The van der Waals surface area contributed by atoms with Crippen LogP contribution in [-0.4, -0.2) is 32.5 Å². The third-order valence-electron chi connectivity index (χ3n) is 4.55. The molecule has 1 heterocycles. The molecule has 0 aliphatic heterocycles. The van der Waals surface area contributed by atoms with Gasteiger partial charge in [-0.15, -0.1) is 0 Å². The van der Waals surface area contributed by atoms with Gasteiger partial charge in [0.25, 0.3) is 0 Å². The molecule has 3 rings (SSSR count). The first-order valence-corrected chi connectivity index (χ1v) is 10.6. The van der Waals surface area contributed by atoms with Gasteiger partial charge in [0.15, 0.2) is 0 Å². The number of aromatic nitrogens is 1. The predicted molar refractivity (Wildman–Crippen MR) is 109 cm³/mol. The zero-order valence-electron chi connectivity index (χ0n) is 15.6. The van der Waals surface area contributed by atoms with Crippen molar-refractivity contribution in [1.82, 2.24) is 15.0 Å². The SMILES string of the molecule is C[C@H](CNC[C@@H](C)c1ccccc1)NS(=O)(=O)c1ccc2cnccc2c1. The molecule has 0 fully saturated rings. The molecule has 0 aliphatic carbocycles. The van der Waals surface area contributed by atoms with Gasteiger partial charge in [0, 0.05) is 36.9 Å². The quantitative estimate of drug-likeness (QED) is 0.626. The third kappa shape index (κ3) is 5.13. The lowest BCUT2D eigenvalue weighted by Crippen LogP contribution is -2.40. The fourth-order valence-electron chi connectivity index (χ4n) is 3.02. The maximum absolute atomic E-state index is 12.7. The minimum Gasteiger partial charge on any atom is -0.315 e. The van der Waals surface area contributed by atoms with Gasteiger partial charge >= 0.3 is 0 Å². The predicted octanol–water partition coefficient (Wildman–Crippen LogP) is 3.29. The van der Waals surface area contributed by atoms with Gasteiger partial charge in [-0.3, -0.25) is 4.98 Å². The van der Waals surface area contributed by atoms with Crippen LogP contribution in [-0.2, 0) is 10.0 Å². The topological polar surface area (TPSA) is 71.1 Å². The van der Waals surface area contributed by atoms with Crippen molar-refractivity contribution >= 4 is 20.8 Å². The molecule has 2 atom stereocenters. The first-order valence-electron chi connectivity index (χ1n) is 9.07. The molecule has 0 aliphatic rings. The van der Waals surface area contributed by atoms with Crippen molar-refractivity contribution in [1.29, 1.82) is 0 Å². The van der Waals surface area contributed by atoms with E-state index in [0.717, 1.165) is 17.3 Å². The average molecular weight is 384 g/mol. The highest BCUT2D eigenvalue weighted by molar-refractivity contribution is 7.89. The number of pyridine rings is 1. The zero-order valence-corrected chi connectivity index (χ0v) is 16.4. The van der Waals surface area contributed by atoms with Crippen LogP contribution < -0.4 is 10.0 Å². The number of fused-ring (bicyclic) bond motifs is 1. The van der Waals surface area contributed by atoms with Crippen LogP contribution in [0, 0.1) is 0 Å². The molecule has 0 spiro atoms. The van der Waals surface area contributed by atoms with Crippen LogP contribution in [0.2, 0.25) is 0 Å². The molecular formula is C21H25N3O2S. The van der Waals surface area contributed by atoms with Crippen LogP contribution in [0.25, 0.3) is 10.8 Å². The van der Waals surface area contributed by atoms with Crippen molar-refractivity contribution in [2.75, 3.05) is 13.1 Å². The zero-order chi connectivity index (χ0) is 19.3. The first kappa shape index (κ1) is 19.5. The minimum absolute atomic E-state index is 0.217. The maximum Gasteiger partial charge on any atom is 0.240 e. The van der Waals surface area contributed by atoms with Crippen molar-refractivity contribution in [3.05, 3.63) is 72.6 Å². The van der Waals surface area contributed by atoms with Gasteiger partial charge in [-0.25, -0.2) is 13.1 Å². The van der Waals surface area contributed by atoms with E-state index >= 15 is 0 Å². The standard InChI is InChI=1S/C21H25N3O2S/c1-16(18-6-4-3-5-7-18)13-23-14-17(2)24-27(25,26)21-9-8-20-15-22-11-10-19(20)12-21/h3-12,15-17,23-24H,13-14H2,1-2H3/t16-,17-/m1/s1. The summed E-state index contributed by atoms with van der Waals surface area (Å²) in [5, 5.41) is 5.13. The Morgan fingerprint density at radius 3 is 2.52 bits per heavy atom. The van der Waals surface area contributed by atoms with Crippen LogP contribution in [0.5, 0.6) is 0 Å². The van der Waals surface area contributed by atoms with Crippen molar-refractivity contribution < 1.29 is 8.42 Å². The van der Waals surface area contributed by atoms with Crippen molar-refractivity contribution in [3.8, 4) is 0 Å². The Balaban J connectivity index is 1.56. The smallest absolute Gasteiger partial charge is 0.240 e. The van der Waals surface area contributed by atoms with Gasteiger partial charge in [-0.2, -0.15) is 0 Å². The van der Waals surface area contributed by atoms with Crippen LogP contribution in [0.3, 0.4) is 0 Å². The van der Waals surface area contributed by atoms with E-state index in [9.17, 15) is 8.42 Å². The molecule has 6 heteroatoms. The number of rotatable bonds is 8. The minimum atomic E-state index is -3.56. The number of benzene rings is 2. The molecule has 27 heavy (non-hydrogen) atoms. The van der Waals surface area contributed by atoms with Crippen LogP contribution >= 0.6 is 0 Å². The number of hydrogen-bond acceptors (Lipinski definition) is 4. The third-order valence-corrected chi connectivity index (χ3v) is 6.14. The van der Waals surface area contributed by atoms with Crippen molar-refractivity contribution in [3.63, 3.8) is 0 Å². The molecule has 1 aromatic heterocycles. The highest BCUT2D eigenvalue weighted by Gasteiger charge is 2.18. The lowest BCUT2D eigenvalue weighted by atomic mass is 10.0. The highest BCUT2D eigenvalue weighted by atomic mass is 32.2. The lowest BCUT2D eigenvalue weighted by Gasteiger charge is -2.18. The second-order valence-corrected chi connectivity index (χ2v) is 8.59. The summed E-state index contributed by atoms with van der Waals surface area (Å²) < 4.78 is 28.0. The molecule has 0 amide bonds. The monoisotopic (exact) mass is 383 g/mol. The summed E-state index contributed by atoms with van der Waals surface area (Å²) in [5.74, 6) is 0.365. The van der Waals surface area contributed by atoms with Crippen molar-refractivity contribution in [2.45, 2.75) is 30.7 Å². The summed E-state index contributed by atoms with van der Waals surface area (Å²) in [6, 6.07) is 16.9. The second-order valence-electron chi connectivity index (χ2n) is 6.88. The summed E-state index contributed by atoms with van der Waals surface area (Å²) in [5.41, 5.74) is 1.27.